The first-order valence-corrected chi connectivity index (χ1v) is 11.8. The van der Waals surface area contributed by atoms with Crippen LogP contribution in [0.2, 0.25) is 0 Å². The quantitative estimate of drug-likeness (QED) is 0.290. The van der Waals surface area contributed by atoms with Crippen molar-refractivity contribution in [3.8, 4) is 0 Å². The maximum atomic E-state index is 12.6. The lowest BCUT2D eigenvalue weighted by atomic mass is 9.55. The summed E-state index contributed by atoms with van der Waals surface area (Å²) in [5.74, 6) is 0.216. The molecule has 0 aromatic carbocycles. The molecule has 2 aliphatic rings. The van der Waals surface area contributed by atoms with Gasteiger partial charge in [-0.15, -0.1) is 0 Å². The van der Waals surface area contributed by atoms with Crippen LogP contribution in [-0.2, 0) is 19.0 Å². The molecule has 0 spiro atoms. The maximum Gasteiger partial charge on any atom is 0.147 e. The van der Waals surface area contributed by atoms with Gasteiger partial charge in [-0.25, -0.2) is 0 Å². The Bertz CT molecular complexity index is 700. The fourth-order valence-electron chi connectivity index (χ4n) is 5.05. The zero-order valence-corrected chi connectivity index (χ0v) is 20.9. The van der Waals surface area contributed by atoms with E-state index in [0.29, 0.717) is 18.8 Å². The molecule has 1 aliphatic carbocycles. The Kier molecular flexibility index (Phi) is 9.72. The van der Waals surface area contributed by atoms with Crippen molar-refractivity contribution in [2.24, 2.45) is 11.3 Å². The number of Topliss-reactive ketones (excluding diaryl/α,β-unsaturated/α-hetero) is 1. The smallest absolute Gasteiger partial charge is 0.147 e. The summed E-state index contributed by atoms with van der Waals surface area (Å²) in [4.78, 5) is 12.6. The van der Waals surface area contributed by atoms with E-state index in [0.717, 1.165) is 38.5 Å². The zero-order valence-electron chi connectivity index (χ0n) is 20.9. The lowest BCUT2D eigenvalue weighted by Gasteiger charge is -2.56. The van der Waals surface area contributed by atoms with E-state index < -0.39 is 0 Å². The molecule has 176 valence electrons. The van der Waals surface area contributed by atoms with E-state index in [1.54, 1.807) is 7.11 Å². The molecule has 0 aromatic rings. The molecule has 2 rings (SSSR count). The summed E-state index contributed by atoms with van der Waals surface area (Å²) >= 11 is 0. The summed E-state index contributed by atoms with van der Waals surface area (Å²) in [6.07, 6.45) is 13.4. The Balaban J connectivity index is 1.98. The fourth-order valence-corrected chi connectivity index (χ4v) is 5.05. The Labute approximate surface area is 190 Å². The lowest BCUT2D eigenvalue weighted by molar-refractivity contribution is -0.232. The molecule has 1 heterocycles. The minimum atomic E-state index is -0.378. The first-order valence-electron chi connectivity index (χ1n) is 11.8. The monoisotopic (exact) mass is 432 g/mol. The highest BCUT2D eigenvalue weighted by atomic mass is 16.7. The standard InChI is InChI=1S/C27H44O4/c1-20(2)10-8-11-21(3)12-9-13-22(4)16-23-17-26(5)24(18-30-23)25(28)14-15-27(26,6)31-19-29-7/h10,12,16,23-24H,8-9,11,13-15,17-19H2,1-7H3/b21-12+,22-16+/t23-,24+,26+,27+/m1/s1. The van der Waals surface area contributed by atoms with E-state index in [-0.39, 0.29) is 29.8 Å². The number of allylic oxidation sites excluding steroid dienone is 5. The minimum absolute atomic E-state index is 0.0281. The number of rotatable bonds is 10. The summed E-state index contributed by atoms with van der Waals surface area (Å²) in [5.41, 5.74) is 3.57. The number of carbonyl (C=O) groups is 1. The molecule has 2 fully saturated rings. The summed E-state index contributed by atoms with van der Waals surface area (Å²) in [6, 6.07) is 0. The van der Waals surface area contributed by atoms with E-state index in [9.17, 15) is 4.79 Å². The van der Waals surface area contributed by atoms with Gasteiger partial charge in [-0.2, -0.15) is 0 Å². The first-order chi connectivity index (χ1) is 14.6. The summed E-state index contributed by atoms with van der Waals surface area (Å²) < 4.78 is 17.5. The van der Waals surface area contributed by atoms with Gasteiger partial charge in [0, 0.05) is 24.9 Å². The average Bonchev–Trinajstić information content (AvgIpc) is 2.69. The van der Waals surface area contributed by atoms with Gasteiger partial charge >= 0.3 is 0 Å². The van der Waals surface area contributed by atoms with E-state index >= 15 is 0 Å². The average molecular weight is 433 g/mol. The Hall–Kier alpha value is -1.23. The van der Waals surface area contributed by atoms with Crippen LogP contribution in [0.1, 0.15) is 86.5 Å². The van der Waals surface area contributed by atoms with Crippen molar-refractivity contribution in [3.05, 3.63) is 34.9 Å². The van der Waals surface area contributed by atoms with Gasteiger partial charge in [0.15, 0.2) is 0 Å². The third-order valence-electron chi connectivity index (χ3n) is 7.41. The fraction of sp³-hybridized carbons (Fsp3) is 0.741. The molecule has 4 atom stereocenters. The van der Waals surface area contributed by atoms with Crippen LogP contribution in [0.5, 0.6) is 0 Å². The largest absolute Gasteiger partial charge is 0.373 e. The number of fused-ring (bicyclic) bond motifs is 1. The summed E-state index contributed by atoms with van der Waals surface area (Å²) in [5, 5.41) is 0. The molecule has 1 saturated carbocycles. The predicted octanol–water partition coefficient (Wildman–Crippen LogP) is 6.56. The Morgan fingerprint density at radius 3 is 2.45 bits per heavy atom. The molecular formula is C27H44O4. The van der Waals surface area contributed by atoms with Crippen molar-refractivity contribution in [1.82, 2.24) is 0 Å². The molecule has 0 aromatic heterocycles. The molecule has 0 amide bonds. The van der Waals surface area contributed by atoms with Crippen LogP contribution in [-0.4, -0.2) is 38.0 Å². The lowest BCUT2D eigenvalue weighted by Crippen LogP contribution is -2.61. The molecule has 0 bridgehead atoms. The van der Waals surface area contributed by atoms with Crippen LogP contribution in [0.25, 0.3) is 0 Å². The van der Waals surface area contributed by atoms with E-state index in [1.807, 2.05) is 0 Å². The van der Waals surface area contributed by atoms with Gasteiger partial charge < -0.3 is 14.2 Å². The highest BCUT2D eigenvalue weighted by molar-refractivity contribution is 5.83. The second kappa shape index (κ2) is 11.6. The number of ether oxygens (including phenoxy) is 3. The van der Waals surface area contributed by atoms with Gasteiger partial charge in [-0.1, -0.05) is 41.9 Å². The third-order valence-corrected chi connectivity index (χ3v) is 7.41. The van der Waals surface area contributed by atoms with E-state index in [2.05, 4.69) is 59.8 Å². The van der Waals surface area contributed by atoms with Gasteiger partial charge in [-0.05, 0) is 73.1 Å². The van der Waals surface area contributed by atoms with Crippen molar-refractivity contribution in [1.29, 1.82) is 0 Å². The van der Waals surface area contributed by atoms with Crippen LogP contribution in [0.3, 0.4) is 0 Å². The Morgan fingerprint density at radius 1 is 1.10 bits per heavy atom. The molecule has 1 aliphatic heterocycles. The summed E-state index contributed by atoms with van der Waals surface area (Å²) in [6.45, 7) is 13.8. The highest BCUT2D eigenvalue weighted by Crippen LogP contribution is 2.54. The van der Waals surface area contributed by atoms with Gasteiger partial charge in [-0.3, -0.25) is 4.79 Å². The maximum absolute atomic E-state index is 12.6. The number of methoxy groups -OCH3 is 1. The molecule has 1 saturated heterocycles. The van der Waals surface area contributed by atoms with Crippen LogP contribution < -0.4 is 0 Å². The van der Waals surface area contributed by atoms with Gasteiger partial charge in [0.25, 0.3) is 0 Å². The van der Waals surface area contributed by atoms with Crippen molar-refractivity contribution >= 4 is 5.78 Å². The van der Waals surface area contributed by atoms with Gasteiger partial charge in [0.1, 0.15) is 12.6 Å². The van der Waals surface area contributed by atoms with Crippen molar-refractivity contribution in [3.63, 3.8) is 0 Å². The van der Waals surface area contributed by atoms with Gasteiger partial charge in [0.2, 0.25) is 0 Å². The summed E-state index contributed by atoms with van der Waals surface area (Å²) in [7, 11) is 1.65. The van der Waals surface area contributed by atoms with Crippen LogP contribution in [0.15, 0.2) is 34.9 Å². The van der Waals surface area contributed by atoms with Crippen LogP contribution in [0, 0.1) is 11.3 Å². The minimum Gasteiger partial charge on any atom is -0.373 e. The predicted molar refractivity (Wildman–Crippen MR) is 127 cm³/mol. The zero-order chi connectivity index (χ0) is 23.1. The van der Waals surface area contributed by atoms with E-state index in [1.165, 1.54) is 16.7 Å². The van der Waals surface area contributed by atoms with Crippen molar-refractivity contribution < 1.29 is 19.0 Å². The second-order valence-electron chi connectivity index (χ2n) is 10.2. The first kappa shape index (κ1) is 26.0. The van der Waals surface area contributed by atoms with Gasteiger partial charge in [0.05, 0.1) is 18.3 Å². The molecule has 0 N–H and O–H groups in total. The Morgan fingerprint density at radius 2 is 1.77 bits per heavy atom. The topological polar surface area (TPSA) is 44.8 Å². The molecular weight excluding hydrogens is 388 g/mol. The molecule has 0 unspecified atom stereocenters. The second-order valence-corrected chi connectivity index (χ2v) is 10.2. The van der Waals surface area contributed by atoms with Crippen LogP contribution in [0.4, 0.5) is 0 Å². The van der Waals surface area contributed by atoms with E-state index in [4.69, 9.17) is 14.2 Å². The number of ketones is 1. The normalized spacial score (nSPS) is 32.0. The highest BCUT2D eigenvalue weighted by Gasteiger charge is 2.58. The van der Waals surface area contributed by atoms with Crippen molar-refractivity contribution in [2.75, 3.05) is 20.5 Å². The number of hydrogen-bond donors (Lipinski definition) is 0. The SMILES string of the molecule is COCO[C@@]1(C)CCC(=O)[C@@H]2CO[C@H](/C=C(\C)CC/C=C(\C)CCC=C(C)C)C[C@@]21C. The molecule has 4 nitrogen and oxygen atoms in total. The molecule has 4 heteroatoms. The third kappa shape index (κ3) is 6.87. The van der Waals surface area contributed by atoms with Crippen LogP contribution >= 0.6 is 0 Å². The number of carbonyl (C=O) groups excluding carboxylic acids is 1. The molecule has 31 heavy (non-hydrogen) atoms. The number of hydrogen-bond acceptors (Lipinski definition) is 4. The molecule has 0 radical (unpaired) electrons. The van der Waals surface area contributed by atoms with Crippen molar-refractivity contribution in [2.45, 2.75) is 98.2 Å².